The molecule has 118 valence electrons. The number of hydrazone groups is 1. The van der Waals surface area contributed by atoms with Crippen LogP contribution < -0.4 is 16.6 Å². The van der Waals surface area contributed by atoms with Gasteiger partial charge in [-0.05, 0) is 6.42 Å². The second kappa shape index (κ2) is 14.0. The molecule has 0 atom stereocenters. The highest BCUT2D eigenvalue weighted by molar-refractivity contribution is 5.78. The number of nitrogens with zero attached hydrogens (tertiary/aromatic N) is 1. The van der Waals surface area contributed by atoms with Gasteiger partial charge >= 0.3 is 5.97 Å². The van der Waals surface area contributed by atoms with E-state index in [1.807, 2.05) is 0 Å². The third-order valence-electron chi connectivity index (χ3n) is 2.89. The SMILES string of the molecule is CCCCCCCCCCCNN=C(N)NOC(C)=O. The highest BCUT2D eigenvalue weighted by Crippen LogP contribution is 2.09. The van der Waals surface area contributed by atoms with Gasteiger partial charge in [-0.25, -0.2) is 0 Å². The third kappa shape index (κ3) is 14.6. The Hall–Kier alpha value is -1.46. The molecule has 0 aromatic heterocycles. The molecule has 6 heteroatoms. The third-order valence-corrected chi connectivity index (χ3v) is 2.89. The summed E-state index contributed by atoms with van der Waals surface area (Å²) in [6.07, 6.45) is 11.6. The van der Waals surface area contributed by atoms with Crippen molar-refractivity contribution < 1.29 is 9.63 Å². The Kier molecular flexibility index (Phi) is 12.9. The summed E-state index contributed by atoms with van der Waals surface area (Å²) in [5.74, 6) is -0.404. The topological polar surface area (TPSA) is 88.7 Å². The van der Waals surface area contributed by atoms with E-state index >= 15 is 0 Å². The standard InChI is InChI=1S/C14H30N4O2/c1-3-4-5-6-7-8-9-10-11-12-16-17-14(15)18-20-13(2)19/h16H,3-12H2,1-2H3,(H3,15,17,18). The molecule has 0 amide bonds. The van der Waals surface area contributed by atoms with E-state index in [0.29, 0.717) is 0 Å². The van der Waals surface area contributed by atoms with Gasteiger partial charge in [0.05, 0.1) is 0 Å². The molecule has 0 radical (unpaired) electrons. The summed E-state index contributed by atoms with van der Waals surface area (Å²) < 4.78 is 0. The molecule has 20 heavy (non-hydrogen) atoms. The monoisotopic (exact) mass is 286 g/mol. The van der Waals surface area contributed by atoms with E-state index < -0.39 is 5.97 Å². The van der Waals surface area contributed by atoms with Crippen LogP contribution in [0.5, 0.6) is 0 Å². The number of hydrogen-bond acceptors (Lipinski definition) is 4. The molecule has 0 bridgehead atoms. The summed E-state index contributed by atoms with van der Waals surface area (Å²) in [7, 11) is 0. The van der Waals surface area contributed by atoms with Crippen molar-refractivity contribution >= 4 is 11.9 Å². The molecule has 0 aromatic rings. The van der Waals surface area contributed by atoms with E-state index in [1.165, 1.54) is 58.3 Å². The predicted molar refractivity (Wildman–Crippen MR) is 81.8 cm³/mol. The predicted octanol–water partition coefficient (Wildman–Crippen LogP) is 2.40. The maximum atomic E-state index is 10.5. The maximum absolute atomic E-state index is 10.5. The zero-order valence-electron chi connectivity index (χ0n) is 12.9. The summed E-state index contributed by atoms with van der Waals surface area (Å²) in [6, 6.07) is 0. The molecule has 0 spiro atoms. The van der Waals surface area contributed by atoms with Crippen LogP contribution in [0.15, 0.2) is 5.10 Å². The highest BCUT2D eigenvalue weighted by atomic mass is 16.7. The fourth-order valence-electron chi connectivity index (χ4n) is 1.80. The van der Waals surface area contributed by atoms with Crippen molar-refractivity contribution in [2.45, 2.75) is 71.6 Å². The Morgan fingerprint density at radius 2 is 1.60 bits per heavy atom. The van der Waals surface area contributed by atoms with Crippen molar-refractivity contribution in [3.8, 4) is 0 Å². The van der Waals surface area contributed by atoms with E-state index in [-0.39, 0.29) is 5.96 Å². The second-order valence-corrected chi connectivity index (χ2v) is 4.93. The largest absolute Gasteiger partial charge is 0.366 e. The van der Waals surface area contributed by atoms with Crippen LogP contribution in [0, 0.1) is 0 Å². The Morgan fingerprint density at radius 1 is 1.05 bits per heavy atom. The van der Waals surface area contributed by atoms with Crippen LogP contribution in [0.3, 0.4) is 0 Å². The molecule has 0 aliphatic heterocycles. The van der Waals surface area contributed by atoms with Gasteiger partial charge in [0.25, 0.3) is 0 Å². The molecule has 0 saturated carbocycles. The molecule has 6 nitrogen and oxygen atoms in total. The first-order valence-electron chi connectivity index (χ1n) is 7.66. The van der Waals surface area contributed by atoms with Crippen LogP contribution >= 0.6 is 0 Å². The fourth-order valence-corrected chi connectivity index (χ4v) is 1.80. The number of hydroxylamine groups is 1. The lowest BCUT2D eigenvalue weighted by atomic mass is 10.1. The lowest BCUT2D eigenvalue weighted by molar-refractivity contribution is -0.145. The van der Waals surface area contributed by atoms with Crippen molar-refractivity contribution in [2.75, 3.05) is 6.54 Å². The zero-order valence-corrected chi connectivity index (χ0v) is 12.9. The van der Waals surface area contributed by atoms with Gasteiger partial charge in [-0.1, -0.05) is 58.3 Å². The average molecular weight is 286 g/mol. The fraction of sp³-hybridized carbons (Fsp3) is 0.857. The van der Waals surface area contributed by atoms with Crippen molar-refractivity contribution in [1.29, 1.82) is 0 Å². The Labute approximate surface area is 122 Å². The Bertz CT molecular complexity index is 270. The first-order chi connectivity index (χ1) is 9.66. The van der Waals surface area contributed by atoms with Gasteiger partial charge in [0, 0.05) is 13.5 Å². The van der Waals surface area contributed by atoms with Gasteiger partial charge in [0.1, 0.15) is 0 Å². The van der Waals surface area contributed by atoms with E-state index in [9.17, 15) is 4.79 Å². The van der Waals surface area contributed by atoms with E-state index in [4.69, 9.17) is 5.73 Å². The number of nitrogens with one attached hydrogen (secondary N) is 2. The summed E-state index contributed by atoms with van der Waals surface area (Å²) in [6.45, 7) is 4.30. The molecule has 4 N–H and O–H groups in total. The smallest absolute Gasteiger partial charge is 0.329 e. The number of hydrogen-bond donors (Lipinski definition) is 3. The van der Waals surface area contributed by atoms with Crippen molar-refractivity contribution in [3.05, 3.63) is 0 Å². The molecule has 0 rings (SSSR count). The number of rotatable bonds is 11. The van der Waals surface area contributed by atoms with Gasteiger partial charge < -0.3 is 16.0 Å². The number of unbranched alkanes of at least 4 members (excludes halogenated alkanes) is 8. The summed E-state index contributed by atoms with van der Waals surface area (Å²) in [5, 5.41) is 3.82. The van der Waals surface area contributed by atoms with Crippen molar-refractivity contribution in [1.82, 2.24) is 10.9 Å². The maximum Gasteiger partial charge on any atom is 0.329 e. The van der Waals surface area contributed by atoms with Gasteiger partial charge in [-0.3, -0.25) is 4.79 Å². The number of guanidine groups is 1. The second-order valence-electron chi connectivity index (χ2n) is 4.93. The first-order valence-corrected chi connectivity index (χ1v) is 7.66. The van der Waals surface area contributed by atoms with Crippen LogP contribution in [0.1, 0.15) is 71.6 Å². The molecule has 0 saturated heterocycles. The molecular formula is C14H30N4O2. The van der Waals surface area contributed by atoms with Crippen LogP contribution in [0.4, 0.5) is 0 Å². The Balaban J connectivity index is 3.23. The summed E-state index contributed by atoms with van der Waals surface area (Å²) in [5.41, 5.74) is 10.5. The lowest BCUT2D eigenvalue weighted by Crippen LogP contribution is -2.35. The minimum atomic E-state index is -0.456. The van der Waals surface area contributed by atoms with Crippen LogP contribution in [0.2, 0.25) is 0 Å². The molecule has 0 heterocycles. The van der Waals surface area contributed by atoms with Crippen LogP contribution in [-0.4, -0.2) is 18.5 Å². The number of nitrogens with two attached hydrogens (primary N) is 1. The molecule has 0 aromatic carbocycles. The highest BCUT2D eigenvalue weighted by Gasteiger charge is 1.95. The molecule has 0 unspecified atom stereocenters. The minimum Gasteiger partial charge on any atom is -0.366 e. The average Bonchev–Trinajstić information content (AvgIpc) is 2.42. The van der Waals surface area contributed by atoms with Gasteiger partial charge in [0.2, 0.25) is 5.96 Å². The zero-order chi connectivity index (χ0) is 15.1. The summed E-state index contributed by atoms with van der Waals surface area (Å²) in [4.78, 5) is 15.0. The summed E-state index contributed by atoms with van der Waals surface area (Å²) >= 11 is 0. The van der Waals surface area contributed by atoms with E-state index in [0.717, 1.165) is 13.0 Å². The first kappa shape index (κ1) is 18.5. The minimum absolute atomic E-state index is 0.0520. The Morgan fingerprint density at radius 3 is 2.15 bits per heavy atom. The molecular weight excluding hydrogens is 256 g/mol. The normalized spacial score (nSPS) is 11.2. The lowest BCUT2D eigenvalue weighted by Gasteiger charge is -2.05. The van der Waals surface area contributed by atoms with Gasteiger partial charge in [-0.15, -0.1) is 5.10 Å². The number of carbonyl (C=O) groups is 1. The van der Waals surface area contributed by atoms with Gasteiger partial charge in [-0.2, -0.15) is 5.48 Å². The number of carbonyl (C=O) groups excluding carboxylic acids is 1. The molecule has 0 fully saturated rings. The van der Waals surface area contributed by atoms with E-state index in [2.05, 4.69) is 27.8 Å². The molecule has 0 aliphatic rings. The van der Waals surface area contributed by atoms with E-state index in [1.54, 1.807) is 0 Å². The van der Waals surface area contributed by atoms with Crippen molar-refractivity contribution in [2.24, 2.45) is 10.8 Å². The van der Waals surface area contributed by atoms with Crippen LogP contribution in [-0.2, 0) is 9.63 Å². The molecule has 0 aliphatic carbocycles. The quantitative estimate of drug-likeness (QED) is 0.235. The van der Waals surface area contributed by atoms with Gasteiger partial charge in [0.15, 0.2) is 0 Å². The van der Waals surface area contributed by atoms with Crippen LogP contribution in [0.25, 0.3) is 0 Å². The van der Waals surface area contributed by atoms with Crippen molar-refractivity contribution in [3.63, 3.8) is 0 Å².